The Kier molecular flexibility index (Phi) is 8.58. The predicted molar refractivity (Wildman–Crippen MR) is 61.6 cm³/mol. The van der Waals surface area contributed by atoms with Gasteiger partial charge in [-0.2, -0.15) is 0 Å². The molecule has 19 heavy (non-hydrogen) atoms. The van der Waals surface area contributed by atoms with Crippen LogP contribution in [0, 0.1) is 0 Å². The Morgan fingerprint density at radius 1 is 1.11 bits per heavy atom. The number of halogens is 5. The van der Waals surface area contributed by atoms with Gasteiger partial charge in [0.05, 0.1) is 0 Å². The van der Waals surface area contributed by atoms with Gasteiger partial charge < -0.3 is 0 Å². The molecule has 0 saturated carbocycles. The molecule has 0 heterocycles. The first-order valence-electron chi connectivity index (χ1n) is 6.24. The third-order valence-electron chi connectivity index (χ3n) is 2.66. The zero-order chi connectivity index (χ0) is 15.1. The van der Waals surface area contributed by atoms with Crippen molar-refractivity contribution >= 4 is 20.2 Å². The van der Waals surface area contributed by atoms with Gasteiger partial charge in [0.1, 0.15) is 0 Å². The molecule has 1 unspecified atom stereocenters. The van der Waals surface area contributed by atoms with E-state index in [4.69, 9.17) is 0 Å². The van der Waals surface area contributed by atoms with E-state index in [0.717, 1.165) is 19.3 Å². The van der Waals surface area contributed by atoms with E-state index in [1.54, 1.807) is 0 Å². The number of alkyl halides is 5. The Morgan fingerprint density at radius 3 is 2.11 bits per heavy atom. The zero-order valence-corrected chi connectivity index (χ0v) is 13.9. The number of unbranched alkanes of at least 4 members (excludes halogenated alkanes) is 4. The summed E-state index contributed by atoms with van der Waals surface area (Å²) < 4.78 is 75.2. The first-order chi connectivity index (χ1) is 8.67. The third kappa shape index (κ3) is 5.61. The molecule has 0 radical (unpaired) electrons. The van der Waals surface area contributed by atoms with Gasteiger partial charge in [0, 0.05) is 0 Å². The summed E-state index contributed by atoms with van der Waals surface area (Å²) in [6.45, 7) is 2.07. The fourth-order valence-corrected chi connectivity index (χ4v) is 4.15. The normalized spacial score (nSPS) is 14.5. The second-order valence-corrected chi connectivity index (χ2v) is 8.62. The molecule has 0 aliphatic rings. The van der Waals surface area contributed by atoms with Gasteiger partial charge in [-0.1, -0.05) is 0 Å². The maximum atomic E-state index is 13.1. The van der Waals surface area contributed by atoms with Crippen LogP contribution in [0.15, 0.2) is 0 Å². The second-order valence-electron chi connectivity index (χ2n) is 4.36. The Labute approximate surface area is 117 Å². The van der Waals surface area contributed by atoms with E-state index in [2.05, 4.69) is 3.07 Å². The summed E-state index contributed by atoms with van der Waals surface area (Å²) >= 11 is -5.33. The molecule has 1 atom stereocenters. The van der Waals surface area contributed by atoms with Crippen LogP contribution in [0.25, 0.3) is 0 Å². The van der Waals surface area contributed by atoms with Crippen molar-refractivity contribution in [1.29, 1.82) is 0 Å². The first-order valence-corrected chi connectivity index (χ1v) is 10.0. The van der Waals surface area contributed by atoms with Gasteiger partial charge in [-0.05, 0) is 0 Å². The molecule has 2 nitrogen and oxygen atoms in total. The molecule has 114 valence electrons. The zero-order valence-electron chi connectivity index (χ0n) is 11.0. The van der Waals surface area contributed by atoms with Crippen LogP contribution in [0.2, 0.25) is 0 Å². The molecule has 0 aromatic heterocycles. The molecule has 0 bridgehead atoms. The van der Waals surface area contributed by atoms with Crippen LogP contribution in [-0.4, -0.2) is 42.8 Å². The van der Waals surface area contributed by atoms with E-state index in [-0.39, 0.29) is 6.61 Å². The molecule has 0 rings (SSSR count). The quantitative estimate of drug-likeness (QED) is 0.316. The van der Waals surface area contributed by atoms with E-state index >= 15 is 0 Å². The number of rotatable bonds is 10. The van der Waals surface area contributed by atoms with E-state index in [1.165, 1.54) is 0 Å². The minimum atomic E-state index is -5.33. The van der Waals surface area contributed by atoms with E-state index in [0.29, 0.717) is 19.8 Å². The van der Waals surface area contributed by atoms with E-state index in [9.17, 15) is 25.0 Å². The molecule has 0 fully saturated rings. The van der Waals surface area contributed by atoms with Crippen molar-refractivity contribution in [1.82, 2.24) is 0 Å². The van der Waals surface area contributed by atoms with Gasteiger partial charge >= 0.3 is 117 Å². The Morgan fingerprint density at radius 2 is 1.63 bits per heavy atom. The SMILES string of the molecule is CCCCCCC[O][Sn](=[O])[C](F)(F)C(F)(F)C(C)F. The molecule has 0 aliphatic carbocycles. The summed E-state index contributed by atoms with van der Waals surface area (Å²) in [6, 6.07) is 0. The number of hydrogen-bond donors (Lipinski definition) is 0. The summed E-state index contributed by atoms with van der Waals surface area (Å²) in [6.07, 6.45) is 0.884. The van der Waals surface area contributed by atoms with Gasteiger partial charge in [-0.3, -0.25) is 0 Å². The molecular weight excluding hydrogens is 378 g/mol. The van der Waals surface area contributed by atoms with Crippen LogP contribution in [0.4, 0.5) is 22.0 Å². The van der Waals surface area contributed by atoms with Crippen molar-refractivity contribution < 1.29 is 28.1 Å². The topological polar surface area (TPSA) is 26.3 Å². The summed E-state index contributed by atoms with van der Waals surface area (Å²) in [5.74, 6) is -4.94. The molecule has 0 aliphatic heterocycles. The van der Waals surface area contributed by atoms with Crippen molar-refractivity contribution in [3.05, 3.63) is 0 Å². The monoisotopic (exact) mass is 398 g/mol. The van der Waals surface area contributed by atoms with Crippen LogP contribution < -0.4 is 0 Å². The molecule has 0 saturated heterocycles. The van der Waals surface area contributed by atoms with E-state index < -0.39 is 36.2 Å². The van der Waals surface area contributed by atoms with Crippen molar-refractivity contribution in [2.24, 2.45) is 0 Å². The Hall–Kier alpha value is 0.209. The summed E-state index contributed by atoms with van der Waals surface area (Å²) in [4.78, 5) is 0. The third-order valence-corrected chi connectivity index (χ3v) is 6.40. The van der Waals surface area contributed by atoms with Crippen molar-refractivity contribution in [2.75, 3.05) is 6.61 Å². The van der Waals surface area contributed by atoms with Crippen LogP contribution in [0.5, 0.6) is 0 Å². The maximum absolute atomic E-state index is 13.1. The van der Waals surface area contributed by atoms with Gasteiger partial charge in [0.2, 0.25) is 0 Å². The summed E-state index contributed by atoms with van der Waals surface area (Å²) in [5, 5.41) is 0. The van der Waals surface area contributed by atoms with Gasteiger partial charge in [-0.15, -0.1) is 0 Å². The average Bonchev–Trinajstić information content (AvgIpc) is 2.32. The van der Waals surface area contributed by atoms with Crippen molar-refractivity contribution in [2.45, 2.75) is 62.0 Å². The van der Waals surface area contributed by atoms with Gasteiger partial charge in [0.15, 0.2) is 0 Å². The summed E-state index contributed by atoms with van der Waals surface area (Å²) in [7, 11) is 0. The molecule has 8 heteroatoms. The summed E-state index contributed by atoms with van der Waals surface area (Å²) in [5.41, 5.74) is 0. The fraction of sp³-hybridized carbons (Fsp3) is 1.00. The van der Waals surface area contributed by atoms with Crippen LogP contribution in [0.3, 0.4) is 0 Å². The molecule has 0 aromatic carbocycles. The van der Waals surface area contributed by atoms with Gasteiger partial charge in [0.25, 0.3) is 0 Å². The Balaban J connectivity index is 4.19. The number of hydrogen-bond acceptors (Lipinski definition) is 2. The van der Waals surface area contributed by atoms with Crippen molar-refractivity contribution in [3.8, 4) is 0 Å². The molecule has 0 amide bonds. The first kappa shape index (κ1) is 19.2. The molecule has 0 aromatic rings. The standard InChI is InChI=1S/C7H15O.C4H4F5.O.Sn/c1-2-3-4-5-6-7-8;1-2(5)4(8,9)3(6)7;;/h2-7H2,1H3;2H,1H3;;/q-1;;;+1. The Bertz CT molecular complexity index is 284. The van der Waals surface area contributed by atoms with Crippen molar-refractivity contribution in [3.63, 3.8) is 0 Å². The molecule has 0 spiro atoms. The second kappa shape index (κ2) is 8.49. The predicted octanol–water partition coefficient (Wildman–Crippen LogP) is 4.06. The average molecular weight is 397 g/mol. The minimum absolute atomic E-state index is 0.242. The van der Waals surface area contributed by atoms with Crippen LogP contribution >= 0.6 is 0 Å². The van der Waals surface area contributed by atoms with Crippen LogP contribution in [-0.2, 0) is 6.15 Å². The van der Waals surface area contributed by atoms with Gasteiger partial charge in [-0.25, -0.2) is 0 Å². The molecule has 0 N–H and O–H groups in total. The van der Waals surface area contributed by atoms with Crippen LogP contribution in [0.1, 0.15) is 46.0 Å². The molecular formula is C11H19F5O2Sn. The fourth-order valence-electron chi connectivity index (χ4n) is 1.35. The van der Waals surface area contributed by atoms with E-state index in [1.807, 2.05) is 6.92 Å².